The fourth-order valence-corrected chi connectivity index (χ4v) is 6.94. The number of anilines is 6. The van der Waals surface area contributed by atoms with Crippen LogP contribution in [-0.2, 0) is 0 Å². The number of benzene rings is 8. The summed E-state index contributed by atoms with van der Waals surface area (Å²) in [7, 11) is 0. The van der Waals surface area contributed by atoms with E-state index in [0.717, 1.165) is 56.1 Å². The zero-order valence-electron chi connectivity index (χ0n) is 27.9. The van der Waals surface area contributed by atoms with E-state index in [1.54, 1.807) is 0 Å². The molecule has 0 atom stereocenters. The highest BCUT2D eigenvalue weighted by Crippen LogP contribution is 2.41. The lowest BCUT2D eigenvalue weighted by atomic mass is 10.0. The van der Waals surface area contributed by atoms with E-state index in [9.17, 15) is 0 Å². The zero-order chi connectivity index (χ0) is 34.0. The Morgan fingerprint density at radius 1 is 0.255 bits per heavy atom. The monoisotopic (exact) mass is 654 g/mol. The number of hydrogen-bond acceptors (Lipinski definition) is 3. The van der Waals surface area contributed by atoms with Gasteiger partial charge in [-0.15, -0.1) is 0 Å². The molecule has 0 fully saturated rings. The third-order valence-corrected chi connectivity index (χ3v) is 9.46. The smallest absolute Gasteiger partial charge is 0.135 e. The summed E-state index contributed by atoms with van der Waals surface area (Å²) in [4.78, 5) is 4.63. The lowest BCUT2D eigenvalue weighted by Gasteiger charge is -2.28. The van der Waals surface area contributed by atoms with Gasteiger partial charge in [0.2, 0.25) is 0 Å². The van der Waals surface area contributed by atoms with Crippen LogP contribution in [0, 0.1) is 0 Å². The van der Waals surface area contributed by atoms with Gasteiger partial charge in [-0.1, -0.05) is 121 Å². The SMILES string of the molecule is c1ccc(-c2ccc(N(c3ccc(-c4ccccc4)cc3)c3ccc(N(c4ccccc4)c4ccc5oc6ccccc6c5c4)cc3)cc2)cc1. The summed E-state index contributed by atoms with van der Waals surface area (Å²) in [5, 5.41) is 2.22. The Labute approximate surface area is 297 Å². The molecule has 3 nitrogen and oxygen atoms in total. The topological polar surface area (TPSA) is 19.6 Å². The van der Waals surface area contributed by atoms with Crippen LogP contribution in [-0.4, -0.2) is 0 Å². The van der Waals surface area contributed by atoms with Crippen LogP contribution in [0.1, 0.15) is 0 Å². The molecule has 0 aliphatic heterocycles. The maximum absolute atomic E-state index is 6.17. The van der Waals surface area contributed by atoms with Crippen LogP contribution in [0.25, 0.3) is 44.2 Å². The first-order valence-corrected chi connectivity index (χ1v) is 17.3. The zero-order valence-corrected chi connectivity index (χ0v) is 27.9. The molecule has 3 heteroatoms. The number of rotatable bonds is 8. The van der Waals surface area contributed by atoms with Gasteiger partial charge in [0.25, 0.3) is 0 Å². The molecule has 1 aromatic heterocycles. The van der Waals surface area contributed by atoms with Crippen molar-refractivity contribution < 1.29 is 4.42 Å². The highest BCUT2D eigenvalue weighted by Gasteiger charge is 2.18. The van der Waals surface area contributed by atoms with E-state index >= 15 is 0 Å². The first-order valence-electron chi connectivity index (χ1n) is 17.3. The summed E-state index contributed by atoms with van der Waals surface area (Å²) in [6, 6.07) is 72.8. The maximum Gasteiger partial charge on any atom is 0.135 e. The van der Waals surface area contributed by atoms with Crippen molar-refractivity contribution in [1.29, 1.82) is 0 Å². The minimum Gasteiger partial charge on any atom is -0.456 e. The lowest BCUT2D eigenvalue weighted by Crippen LogP contribution is -2.12. The van der Waals surface area contributed by atoms with Crippen molar-refractivity contribution in [3.63, 3.8) is 0 Å². The Morgan fingerprint density at radius 3 is 1.14 bits per heavy atom. The molecule has 0 aliphatic carbocycles. The predicted octanol–water partition coefficient (Wildman–Crippen LogP) is 13.9. The number of nitrogens with zero attached hydrogens (tertiary/aromatic N) is 2. The molecule has 0 bridgehead atoms. The Kier molecular flexibility index (Phi) is 7.84. The lowest BCUT2D eigenvalue weighted by molar-refractivity contribution is 0.669. The van der Waals surface area contributed by atoms with Crippen LogP contribution in [0.2, 0.25) is 0 Å². The predicted molar refractivity (Wildman–Crippen MR) is 214 cm³/mol. The summed E-state index contributed by atoms with van der Waals surface area (Å²) in [5.41, 5.74) is 13.0. The van der Waals surface area contributed by atoms with Crippen LogP contribution < -0.4 is 9.80 Å². The molecule has 0 unspecified atom stereocenters. The molecule has 0 aliphatic rings. The fraction of sp³-hybridized carbons (Fsp3) is 0. The van der Waals surface area contributed by atoms with Crippen molar-refractivity contribution in [1.82, 2.24) is 0 Å². The van der Waals surface area contributed by atoms with E-state index < -0.39 is 0 Å². The van der Waals surface area contributed by atoms with Gasteiger partial charge in [-0.3, -0.25) is 0 Å². The third kappa shape index (κ3) is 5.92. The van der Waals surface area contributed by atoms with Crippen LogP contribution in [0.15, 0.2) is 211 Å². The summed E-state index contributed by atoms with van der Waals surface area (Å²) < 4.78 is 6.17. The second kappa shape index (κ2) is 13.2. The van der Waals surface area contributed by atoms with E-state index in [0.29, 0.717) is 0 Å². The summed E-state index contributed by atoms with van der Waals surface area (Å²) in [6.07, 6.45) is 0. The molecule has 51 heavy (non-hydrogen) atoms. The first kappa shape index (κ1) is 30.2. The van der Waals surface area contributed by atoms with Crippen molar-refractivity contribution in [2.24, 2.45) is 0 Å². The Morgan fingerprint density at radius 2 is 0.608 bits per heavy atom. The van der Waals surface area contributed by atoms with E-state index in [-0.39, 0.29) is 0 Å². The molecule has 0 N–H and O–H groups in total. The molecule has 9 aromatic rings. The second-order valence-corrected chi connectivity index (χ2v) is 12.6. The van der Waals surface area contributed by atoms with E-state index in [1.807, 2.05) is 12.1 Å². The molecule has 0 amide bonds. The number of fused-ring (bicyclic) bond motifs is 3. The summed E-state index contributed by atoms with van der Waals surface area (Å²) in [6.45, 7) is 0. The molecule has 0 radical (unpaired) electrons. The average molecular weight is 655 g/mol. The molecular formula is C48H34N2O. The van der Waals surface area contributed by atoms with Gasteiger partial charge in [-0.2, -0.15) is 0 Å². The van der Waals surface area contributed by atoms with Gasteiger partial charge in [0.15, 0.2) is 0 Å². The Hall–Kier alpha value is -6.84. The number of hydrogen-bond donors (Lipinski definition) is 0. The minimum atomic E-state index is 0.885. The quantitative estimate of drug-likeness (QED) is 0.163. The van der Waals surface area contributed by atoms with Crippen LogP contribution in [0.5, 0.6) is 0 Å². The van der Waals surface area contributed by atoms with Crippen LogP contribution >= 0.6 is 0 Å². The van der Waals surface area contributed by atoms with Gasteiger partial charge in [0.1, 0.15) is 11.2 Å². The van der Waals surface area contributed by atoms with E-state index in [2.05, 4.69) is 204 Å². The van der Waals surface area contributed by atoms with Gasteiger partial charge in [-0.25, -0.2) is 0 Å². The molecule has 9 rings (SSSR count). The van der Waals surface area contributed by atoms with Gasteiger partial charge >= 0.3 is 0 Å². The number of furan rings is 1. The highest BCUT2D eigenvalue weighted by molar-refractivity contribution is 6.06. The molecular weight excluding hydrogens is 621 g/mol. The molecule has 8 aromatic carbocycles. The van der Waals surface area contributed by atoms with Gasteiger partial charge in [-0.05, 0) is 107 Å². The van der Waals surface area contributed by atoms with E-state index in [4.69, 9.17) is 4.42 Å². The molecule has 1 heterocycles. The molecule has 0 saturated heterocycles. The molecule has 242 valence electrons. The first-order chi connectivity index (χ1) is 25.3. The van der Waals surface area contributed by atoms with Gasteiger partial charge in [0, 0.05) is 44.9 Å². The van der Waals surface area contributed by atoms with Crippen molar-refractivity contribution in [3.8, 4) is 22.3 Å². The average Bonchev–Trinajstić information content (AvgIpc) is 3.58. The van der Waals surface area contributed by atoms with Crippen molar-refractivity contribution in [2.75, 3.05) is 9.80 Å². The standard InChI is InChI=1S/C48H34N2O/c1-4-12-35(13-5-1)37-20-24-40(25-21-37)49(41-26-22-38(23-27-41)36-14-6-2-7-15-36)42-28-30-43(31-29-42)50(39-16-8-3-9-17-39)44-32-33-48-46(34-44)45-18-10-11-19-47(45)51-48/h1-34H. The van der Waals surface area contributed by atoms with Crippen LogP contribution in [0.3, 0.4) is 0 Å². The Bertz CT molecular complexity index is 2460. The highest BCUT2D eigenvalue weighted by atomic mass is 16.3. The largest absolute Gasteiger partial charge is 0.456 e. The van der Waals surface area contributed by atoms with Crippen molar-refractivity contribution in [3.05, 3.63) is 206 Å². The maximum atomic E-state index is 6.17. The minimum absolute atomic E-state index is 0.885. The normalized spacial score (nSPS) is 11.1. The van der Waals surface area contributed by atoms with Crippen molar-refractivity contribution >= 4 is 56.1 Å². The summed E-state index contributed by atoms with van der Waals surface area (Å²) >= 11 is 0. The Balaban J connectivity index is 1.12. The third-order valence-electron chi connectivity index (χ3n) is 9.46. The summed E-state index contributed by atoms with van der Waals surface area (Å²) in [5.74, 6) is 0. The van der Waals surface area contributed by atoms with Crippen molar-refractivity contribution in [2.45, 2.75) is 0 Å². The van der Waals surface area contributed by atoms with Gasteiger partial charge in [0.05, 0.1) is 0 Å². The van der Waals surface area contributed by atoms with Crippen LogP contribution in [0.4, 0.5) is 34.1 Å². The second-order valence-electron chi connectivity index (χ2n) is 12.6. The molecule has 0 spiro atoms. The fourth-order valence-electron chi connectivity index (χ4n) is 6.94. The number of para-hydroxylation sites is 2. The van der Waals surface area contributed by atoms with E-state index in [1.165, 1.54) is 22.3 Å². The molecule has 0 saturated carbocycles. The van der Waals surface area contributed by atoms with Gasteiger partial charge < -0.3 is 14.2 Å².